The molecule has 0 saturated carbocycles. The molecule has 0 atom stereocenters. The van der Waals surface area contributed by atoms with Crippen LogP contribution in [0.15, 0.2) is 42.5 Å². The molecular formula is C21H26N6. The molecule has 2 fully saturated rings. The number of rotatable bonds is 3. The number of fused-ring (bicyclic) bond motifs is 1. The predicted octanol–water partition coefficient (Wildman–Crippen LogP) is 3.25. The van der Waals surface area contributed by atoms with Gasteiger partial charge in [-0.1, -0.05) is 36.8 Å². The Morgan fingerprint density at radius 1 is 0.778 bits per heavy atom. The second-order valence-electron chi connectivity index (χ2n) is 7.67. The quantitative estimate of drug-likeness (QED) is 0.716. The number of aromatic nitrogens is 4. The molecule has 6 heteroatoms. The van der Waals surface area contributed by atoms with Crippen molar-refractivity contribution in [3.63, 3.8) is 0 Å². The summed E-state index contributed by atoms with van der Waals surface area (Å²) in [5.41, 5.74) is 1.83. The molecule has 0 N–H and O–H groups in total. The molecule has 0 unspecified atom stereocenters. The van der Waals surface area contributed by atoms with E-state index >= 15 is 0 Å². The van der Waals surface area contributed by atoms with Crippen molar-refractivity contribution in [2.75, 3.05) is 31.1 Å². The van der Waals surface area contributed by atoms with Gasteiger partial charge in [-0.05, 0) is 50.9 Å². The fourth-order valence-electron chi connectivity index (χ4n) is 4.46. The standard InChI is InChI=1S/C21H26N6/c1-3-7-17(8-4-1)21-23-22-19-9-10-20(24-27(19)21)26-15-11-18(12-16-26)25-13-5-2-6-14-25/h1,3-4,7-10,18H,2,5-6,11-16H2. The van der Waals surface area contributed by atoms with Crippen LogP contribution in [0.4, 0.5) is 5.82 Å². The van der Waals surface area contributed by atoms with Crippen LogP contribution in [0, 0.1) is 0 Å². The fourth-order valence-corrected chi connectivity index (χ4v) is 4.46. The minimum atomic E-state index is 0.750. The molecule has 3 aromatic rings. The minimum absolute atomic E-state index is 0.750. The Labute approximate surface area is 159 Å². The number of hydrogen-bond donors (Lipinski definition) is 0. The Bertz CT molecular complexity index is 891. The number of piperidine rings is 2. The van der Waals surface area contributed by atoms with Crippen molar-refractivity contribution in [1.29, 1.82) is 0 Å². The van der Waals surface area contributed by atoms with Crippen LogP contribution in [0.3, 0.4) is 0 Å². The van der Waals surface area contributed by atoms with Crippen molar-refractivity contribution in [3.8, 4) is 11.4 Å². The molecule has 0 amide bonds. The molecule has 1 aromatic carbocycles. The number of hydrogen-bond acceptors (Lipinski definition) is 5. The highest BCUT2D eigenvalue weighted by Gasteiger charge is 2.26. The molecule has 0 spiro atoms. The molecule has 2 aliphatic rings. The van der Waals surface area contributed by atoms with Gasteiger partial charge in [0.2, 0.25) is 0 Å². The highest BCUT2D eigenvalue weighted by atomic mass is 15.4. The average Bonchev–Trinajstić information content (AvgIpc) is 3.18. The van der Waals surface area contributed by atoms with Crippen LogP contribution < -0.4 is 4.90 Å². The van der Waals surface area contributed by atoms with E-state index in [2.05, 4.69) is 38.2 Å². The molecule has 5 rings (SSSR count). The summed E-state index contributed by atoms with van der Waals surface area (Å²) in [5, 5.41) is 13.5. The lowest BCUT2D eigenvalue weighted by atomic mass is 10.00. The van der Waals surface area contributed by atoms with Crippen molar-refractivity contribution in [2.45, 2.75) is 38.1 Å². The lowest BCUT2D eigenvalue weighted by molar-refractivity contribution is 0.141. The number of anilines is 1. The zero-order valence-corrected chi connectivity index (χ0v) is 15.7. The van der Waals surface area contributed by atoms with Gasteiger partial charge >= 0.3 is 0 Å². The van der Waals surface area contributed by atoms with Gasteiger partial charge in [-0.15, -0.1) is 15.3 Å². The van der Waals surface area contributed by atoms with Gasteiger partial charge in [0.05, 0.1) is 0 Å². The van der Waals surface area contributed by atoms with Crippen molar-refractivity contribution >= 4 is 11.5 Å². The van der Waals surface area contributed by atoms with E-state index in [4.69, 9.17) is 5.10 Å². The summed E-state index contributed by atoms with van der Waals surface area (Å²) in [5.74, 6) is 1.83. The lowest BCUT2D eigenvalue weighted by Gasteiger charge is -2.40. The van der Waals surface area contributed by atoms with Gasteiger partial charge in [-0.25, -0.2) is 0 Å². The first-order valence-corrected chi connectivity index (χ1v) is 10.2. The lowest BCUT2D eigenvalue weighted by Crippen LogP contribution is -2.47. The molecule has 140 valence electrons. The van der Waals surface area contributed by atoms with E-state index in [1.807, 2.05) is 28.8 Å². The van der Waals surface area contributed by atoms with Crippen LogP contribution >= 0.6 is 0 Å². The Kier molecular flexibility index (Phi) is 4.49. The highest BCUT2D eigenvalue weighted by Crippen LogP contribution is 2.25. The molecule has 2 aliphatic heterocycles. The molecule has 0 bridgehead atoms. The van der Waals surface area contributed by atoms with Crippen LogP contribution in [0.5, 0.6) is 0 Å². The minimum Gasteiger partial charge on any atom is -0.355 e. The predicted molar refractivity (Wildman–Crippen MR) is 107 cm³/mol. The molecule has 2 aromatic heterocycles. The van der Waals surface area contributed by atoms with Crippen LogP contribution in [-0.2, 0) is 0 Å². The van der Waals surface area contributed by atoms with Crippen molar-refractivity contribution in [3.05, 3.63) is 42.5 Å². The Morgan fingerprint density at radius 3 is 2.33 bits per heavy atom. The Balaban J connectivity index is 1.35. The van der Waals surface area contributed by atoms with E-state index in [9.17, 15) is 0 Å². The van der Waals surface area contributed by atoms with Crippen LogP contribution in [0.2, 0.25) is 0 Å². The van der Waals surface area contributed by atoms with Crippen LogP contribution in [-0.4, -0.2) is 56.9 Å². The fraction of sp³-hybridized carbons (Fsp3) is 0.476. The summed E-state index contributed by atoms with van der Waals surface area (Å²) in [6, 6.07) is 15.0. The number of likely N-dealkylation sites (tertiary alicyclic amines) is 1. The number of nitrogens with zero attached hydrogens (tertiary/aromatic N) is 6. The maximum absolute atomic E-state index is 4.88. The van der Waals surface area contributed by atoms with Gasteiger partial charge in [0.1, 0.15) is 5.82 Å². The molecular weight excluding hydrogens is 336 g/mol. The second-order valence-corrected chi connectivity index (χ2v) is 7.67. The van der Waals surface area contributed by atoms with E-state index in [1.165, 1.54) is 45.2 Å². The Hall–Kier alpha value is -2.47. The van der Waals surface area contributed by atoms with Gasteiger partial charge in [-0.3, -0.25) is 0 Å². The van der Waals surface area contributed by atoms with Gasteiger partial charge in [0.15, 0.2) is 11.5 Å². The van der Waals surface area contributed by atoms with Gasteiger partial charge in [0, 0.05) is 24.7 Å². The maximum Gasteiger partial charge on any atom is 0.185 e. The van der Waals surface area contributed by atoms with Gasteiger partial charge in [-0.2, -0.15) is 4.52 Å². The van der Waals surface area contributed by atoms with E-state index < -0.39 is 0 Å². The monoisotopic (exact) mass is 362 g/mol. The summed E-state index contributed by atoms with van der Waals surface area (Å²) in [6.45, 7) is 4.72. The van der Waals surface area contributed by atoms with Crippen LogP contribution in [0.1, 0.15) is 32.1 Å². The zero-order chi connectivity index (χ0) is 18.1. The van der Waals surface area contributed by atoms with E-state index in [0.29, 0.717) is 0 Å². The van der Waals surface area contributed by atoms with Crippen molar-refractivity contribution < 1.29 is 0 Å². The van der Waals surface area contributed by atoms with Crippen LogP contribution in [0.25, 0.3) is 17.0 Å². The first-order valence-electron chi connectivity index (χ1n) is 10.2. The SMILES string of the molecule is c1ccc(-c2nnc3ccc(N4CCC(N5CCCCC5)CC4)nn23)cc1. The molecule has 2 saturated heterocycles. The second kappa shape index (κ2) is 7.27. The smallest absolute Gasteiger partial charge is 0.185 e. The average molecular weight is 362 g/mol. The first kappa shape index (κ1) is 16.7. The third-order valence-corrected chi connectivity index (χ3v) is 5.98. The molecule has 4 heterocycles. The zero-order valence-electron chi connectivity index (χ0n) is 15.7. The summed E-state index contributed by atoms with van der Waals surface area (Å²) >= 11 is 0. The molecule has 27 heavy (non-hydrogen) atoms. The van der Waals surface area contributed by atoms with E-state index in [0.717, 1.165) is 42.0 Å². The summed E-state index contributed by atoms with van der Waals surface area (Å²) < 4.78 is 1.88. The summed E-state index contributed by atoms with van der Waals surface area (Å²) in [6.07, 6.45) is 6.60. The number of benzene rings is 1. The summed E-state index contributed by atoms with van der Waals surface area (Å²) in [7, 11) is 0. The topological polar surface area (TPSA) is 49.6 Å². The third-order valence-electron chi connectivity index (χ3n) is 5.98. The highest BCUT2D eigenvalue weighted by molar-refractivity contribution is 5.59. The summed E-state index contributed by atoms with van der Waals surface area (Å²) in [4.78, 5) is 5.12. The van der Waals surface area contributed by atoms with E-state index in [-0.39, 0.29) is 0 Å². The van der Waals surface area contributed by atoms with Crippen molar-refractivity contribution in [2.24, 2.45) is 0 Å². The molecule has 6 nitrogen and oxygen atoms in total. The first-order chi connectivity index (χ1) is 13.4. The van der Waals surface area contributed by atoms with Gasteiger partial charge < -0.3 is 9.80 Å². The third kappa shape index (κ3) is 3.30. The van der Waals surface area contributed by atoms with Crippen molar-refractivity contribution in [1.82, 2.24) is 24.7 Å². The molecule has 0 aliphatic carbocycles. The largest absolute Gasteiger partial charge is 0.355 e. The van der Waals surface area contributed by atoms with E-state index in [1.54, 1.807) is 0 Å². The van der Waals surface area contributed by atoms with Gasteiger partial charge in [0.25, 0.3) is 0 Å². The Morgan fingerprint density at radius 2 is 1.56 bits per heavy atom. The molecule has 0 radical (unpaired) electrons. The maximum atomic E-state index is 4.88. The normalized spacial score (nSPS) is 19.6.